The average molecular weight is 423 g/mol. The van der Waals surface area contributed by atoms with Crippen molar-refractivity contribution >= 4 is 35.0 Å². The number of nitrogens with zero attached hydrogens (tertiary/aromatic N) is 2. The molecule has 2 N–H and O–H groups in total. The van der Waals surface area contributed by atoms with Crippen molar-refractivity contribution in [3.8, 4) is 5.75 Å². The van der Waals surface area contributed by atoms with Gasteiger partial charge in [-0.25, -0.2) is 0 Å². The smallest absolute Gasteiger partial charge is 0.269 e. The standard InChI is InChI=1S/C19H20Cl2N4O3/c1-11-5-15(25(2)24-11)17(27)23-19-8-18(9-19,10-19)22-16(26)7-28-12-3-4-13(20)14(21)6-12/h3-6H,7-10H2,1-2H3,(H,22,26)(H,23,27). The third kappa shape index (κ3) is 3.44. The van der Waals surface area contributed by atoms with Crippen LogP contribution >= 0.6 is 23.2 Å². The zero-order chi connectivity index (χ0) is 20.1. The van der Waals surface area contributed by atoms with E-state index in [1.165, 1.54) is 0 Å². The van der Waals surface area contributed by atoms with Crippen LogP contribution in [0.5, 0.6) is 5.75 Å². The van der Waals surface area contributed by atoms with E-state index in [0.717, 1.165) is 25.0 Å². The van der Waals surface area contributed by atoms with Gasteiger partial charge in [0, 0.05) is 24.2 Å². The Kier molecular flexibility index (Phi) is 4.55. The summed E-state index contributed by atoms with van der Waals surface area (Å²) in [7, 11) is 1.75. The Morgan fingerprint density at radius 3 is 2.43 bits per heavy atom. The van der Waals surface area contributed by atoms with Crippen molar-refractivity contribution in [2.45, 2.75) is 37.3 Å². The number of nitrogens with one attached hydrogen (secondary N) is 2. The van der Waals surface area contributed by atoms with Crippen LogP contribution in [0.3, 0.4) is 0 Å². The van der Waals surface area contributed by atoms with Gasteiger partial charge in [-0.05, 0) is 44.4 Å². The van der Waals surface area contributed by atoms with Gasteiger partial charge < -0.3 is 15.4 Å². The van der Waals surface area contributed by atoms with E-state index in [0.29, 0.717) is 21.5 Å². The maximum Gasteiger partial charge on any atom is 0.269 e. The molecular formula is C19H20Cl2N4O3. The van der Waals surface area contributed by atoms with Gasteiger partial charge in [-0.15, -0.1) is 0 Å². The molecule has 5 rings (SSSR count). The third-order valence-corrected chi connectivity index (χ3v) is 6.05. The topological polar surface area (TPSA) is 85.3 Å². The molecule has 0 atom stereocenters. The summed E-state index contributed by atoms with van der Waals surface area (Å²) in [5.74, 6) is 0.149. The molecule has 148 valence electrons. The summed E-state index contributed by atoms with van der Waals surface area (Å²) in [5.41, 5.74) is 0.868. The second-order valence-corrected chi connectivity index (χ2v) is 8.57. The predicted molar refractivity (Wildman–Crippen MR) is 105 cm³/mol. The number of hydrogen-bond donors (Lipinski definition) is 2. The zero-order valence-corrected chi connectivity index (χ0v) is 17.0. The fourth-order valence-corrected chi connectivity index (χ4v) is 4.52. The number of hydrogen-bond acceptors (Lipinski definition) is 4. The molecule has 2 aromatic rings. The summed E-state index contributed by atoms with van der Waals surface area (Å²) in [5, 5.41) is 11.1. The molecule has 3 saturated carbocycles. The lowest BCUT2D eigenvalue weighted by atomic mass is 9.44. The van der Waals surface area contributed by atoms with E-state index >= 15 is 0 Å². The van der Waals surface area contributed by atoms with Crippen molar-refractivity contribution in [2.24, 2.45) is 7.05 Å². The van der Waals surface area contributed by atoms with E-state index in [4.69, 9.17) is 27.9 Å². The number of rotatable bonds is 6. The molecule has 7 nitrogen and oxygen atoms in total. The normalized spacial score (nSPS) is 24.7. The van der Waals surface area contributed by atoms with Crippen LogP contribution in [0.4, 0.5) is 0 Å². The molecule has 0 unspecified atom stereocenters. The lowest BCUT2D eigenvalue weighted by Gasteiger charge is -2.70. The Bertz CT molecular complexity index is 952. The van der Waals surface area contributed by atoms with Gasteiger partial charge in [-0.3, -0.25) is 14.3 Å². The Morgan fingerprint density at radius 1 is 1.14 bits per heavy atom. The van der Waals surface area contributed by atoms with E-state index in [-0.39, 0.29) is 29.5 Å². The van der Waals surface area contributed by atoms with E-state index in [1.54, 1.807) is 36.0 Å². The monoisotopic (exact) mass is 422 g/mol. The first-order valence-electron chi connectivity index (χ1n) is 8.91. The van der Waals surface area contributed by atoms with E-state index in [2.05, 4.69) is 15.7 Å². The Labute approximate surface area is 172 Å². The van der Waals surface area contributed by atoms with Crippen LogP contribution in [0.25, 0.3) is 0 Å². The number of carbonyl (C=O) groups excluding carboxylic acids is 2. The summed E-state index contributed by atoms with van der Waals surface area (Å²) in [6.45, 7) is 1.75. The number of amides is 2. The number of benzene rings is 1. The molecule has 1 aromatic heterocycles. The molecule has 3 aliphatic rings. The second-order valence-electron chi connectivity index (χ2n) is 7.75. The average Bonchev–Trinajstić information content (AvgIpc) is 2.91. The maximum atomic E-state index is 12.4. The first-order chi connectivity index (χ1) is 13.2. The lowest BCUT2D eigenvalue weighted by molar-refractivity contribution is -0.141. The maximum absolute atomic E-state index is 12.4. The summed E-state index contributed by atoms with van der Waals surface area (Å²) < 4.78 is 7.04. The van der Waals surface area contributed by atoms with E-state index in [1.807, 2.05) is 6.92 Å². The van der Waals surface area contributed by atoms with Gasteiger partial charge >= 0.3 is 0 Å². The summed E-state index contributed by atoms with van der Waals surface area (Å²) in [6.07, 6.45) is 2.17. The summed E-state index contributed by atoms with van der Waals surface area (Å²) in [4.78, 5) is 24.7. The highest BCUT2D eigenvalue weighted by Gasteiger charge is 2.69. The number of ether oxygens (including phenoxy) is 1. The number of aromatic nitrogens is 2. The summed E-state index contributed by atoms with van der Waals surface area (Å²) in [6, 6.07) is 6.61. The molecule has 2 bridgehead atoms. The minimum Gasteiger partial charge on any atom is -0.484 e. The Hall–Kier alpha value is -2.25. The molecule has 3 fully saturated rings. The largest absolute Gasteiger partial charge is 0.484 e. The van der Waals surface area contributed by atoms with Crippen LogP contribution in [0.1, 0.15) is 35.4 Å². The van der Waals surface area contributed by atoms with E-state index < -0.39 is 0 Å². The van der Waals surface area contributed by atoms with Crippen LogP contribution < -0.4 is 15.4 Å². The number of halogens is 2. The minimum absolute atomic E-state index is 0.104. The minimum atomic E-state index is -0.242. The Balaban J connectivity index is 1.25. The van der Waals surface area contributed by atoms with Crippen molar-refractivity contribution in [3.05, 3.63) is 45.7 Å². The quantitative estimate of drug-likeness (QED) is 0.748. The number of carbonyl (C=O) groups is 2. The fourth-order valence-electron chi connectivity index (χ4n) is 4.23. The molecule has 0 saturated heterocycles. The SMILES string of the molecule is Cc1cc(C(=O)NC23CC(NC(=O)COc4ccc(Cl)c(Cl)c4)(C2)C3)n(C)n1. The van der Waals surface area contributed by atoms with Crippen LogP contribution in [0.2, 0.25) is 10.0 Å². The van der Waals surface area contributed by atoms with Gasteiger partial charge in [-0.1, -0.05) is 23.2 Å². The molecule has 28 heavy (non-hydrogen) atoms. The predicted octanol–water partition coefficient (Wildman–Crippen LogP) is 2.64. The second kappa shape index (κ2) is 6.67. The van der Waals surface area contributed by atoms with Gasteiger partial charge in [0.15, 0.2) is 6.61 Å². The van der Waals surface area contributed by atoms with E-state index in [9.17, 15) is 9.59 Å². The van der Waals surface area contributed by atoms with Crippen molar-refractivity contribution < 1.29 is 14.3 Å². The van der Waals surface area contributed by atoms with Crippen LogP contribution in [0.15, 0.2) is 24.3 Å². The van der Waals surface area contributed by atoms with Crippen molar-refractivity contribution in [3.63, 3.8) is 0 Å². The molecule has 9 heteroatoms. The van der Waals surface area contributed by atoms with Gasteiger partial charge in [0.1, 0.15) is 11.4 Å². The van der Waals surface area contributed by atoms with Gasteiger partial charge in [0.25, 0.3) is 11.8 Å². The molecule has 0 radical (unpaired) electrons. The first kappa shape index (κ1) is 19.1. The van der Waals surface area contributed by atoms with Crippen LogP contribution in [-0.2, 0) is 11.8 Å². The molecule has 2 amide bonds. The number of aryl methyl sites for hydroxylation is 2. The highest BCUT2D eigenvalue weighted by molar-refractivity contribution is 6.42. The molecule has 3 aliphatic carbocycles. The molecular weight excluding hydrogens is 403 g/mol. The highest BCUT2D eigenvalue weighted by atomic mass is 35.5. The molecule has 0 aliphatic heterocycles. The van der Waals surface area contributed by atoms with Gasteiger partial charge in [0.2, 0.25) is 0 Å². The van der Waals surface area contributed by atoms with Crippen LogP contribution in [-0.4, -0.2) is 39.3 Å². The van der Waals surface area contributed by atoms with Crippen LogP contribution in [0, 0.1) is 6.92 Å². The highest BCUT2D eigenvalue weighted by Crippen LogP contribution is 2.60. The molecule has 0 spiro atoms. The fraction of sp³-hybridized carbons (Fsp3) is 0.421. The Morgan fingerprint density at radius 2 is 1.82 bits per heavy atom. The molecule has 1 aromatic carbocycles. The van der Waals surface area contributed by atoms with Gasteiger partial charge in [-0.2, -0.15) is 5.10 Å². The van der Waals surface area contributed by atoms with Crippen molar-refractivity contribution in [2.75, 3.05) is 6.61 Å². The lowest BCUT2D eigenvalue weighted by Crippen LogP contribution is -2.84. The van der Waals surface area contributed by atoms with Gasteiger partial charge in [0.05, 0.1) is 15.7 Å². The summed E-state index contributed by atoms with van der Waals surface area (Å²) >= 11 is 11.8. The zero-order valence-electron chi connectivity index (χ0n) is 15.5. The van der Waals surface area contributed by atoms with Crippen molar-refractivity contribution in [1.82, 2.24) is 20.4 Å². The first-order valence-corrected chi connectivity index (χ1v) is 9.67. The molecule has 1 heterocycles. The third-order valence-electron chi connectivity index (χ3n) is 5.31. The van der Waals surface area contributed by atoms with Crippen molar-refractivity contribution in [1.29, 1.82) is 0 Å².